The summed E-state index contributed by atoms with van der Waals surface area (Å²) in [5.41, 5.74) is 0. The number of aliphatic hydroxyl groups excluding tert-OH is 1. The van der Waals surface area contributed by atoms with E-state index in [0.717, 1.165) is 13.0 Å². The molecule has 3 N–H and O–H groups in total. The average molecular weight is 229 g/mol. The molecule has 0 aromatic heterocycles. The van der Waals surface area contributed by atoms with Gasteiger partial charge in [0.2, 0.25) is 11.8 Å². The van der Waals surface area contributed by atoms with E-state index in [9.17, 15) is 14.7 Å². The van der Waals surface area contributed by atoms with Gasteiger partial charge in [0.25, 0.3) is 0 Å². The van der Waals surface area contributed by atoms with Crippen molar-refractivity contribution >= 4 is 11.8 Å². The van der Waals surface area contributed by atoms with Crippen LogP contribution in [0, 0.1) is 0 Å². The first kappa shape index (κ1) is 12.9. The molecule has 1 heterocycles. The zero-order valence-electron chi connectivity index (χ0n) is 9.53. The molecule has 1 aliphatic rings. The Labute approximate surface area is 95.0 Å². The summed E-state index contributed by atoms with van der Waals surface area (Å²) in [7, 11) is 0. The maximum absolute atomic E-state index is 11.4. The van der Waals surface area contributed by atoms with Crippen LogP contribution < -0.4 is 10.6 Å². The van der Waals surface area contributed by atoms with Crippen LogP contribution >= 0.6 is 0 Å². The van der Waals surface area contributed by atoms with Gasteiger partial charge >= 0.3 is 0 Å². The molecule has 2 amide bonds. The van der Waals surface area contributed by atoms with Gasteiger partial charge in [-0.05, 0) is 6.42 Å². The maximum Gasteiger partial charge on any atom is 0.234 e. The van der Waals surface area contributed by atoms with Gasteiger partial charge in [0.05, 0.1) is 12.6 Å². The Hall–Kier alpha value is -1.14. The molecule has 1 aliphatic heterocycles. The van der Waals surface area contributed by atoms with Crippen molar-refractivity contribution in [1.29, 1.82) is 0 Å². The summed E-state index contributed by atoms with van der Waals surface area (Å²) < 4.78 is 0. The topological polar surface area (TPSA) is 81.7 Å². The van der Waals surface area contributed by atoms with E-state index in [1.165, 1.54) is 6.92 Å². The first-order chi connectivity index (χ1) is 7.58. The van der Waals surface area contributed by atoms with Crippen LogP contribution in [0.25, 0.3) is 0 Å². The van der Waals surface area contributed by atoms with Gasteiger partial charge < -0.3 is 15.7 Å². The lowest BCUT2D eigenvalue weighted by molar-refractivity contribution is -0.122. The lowest BCUT2D eigenvalue weighted by atomic mass is 10.3. The van der Waals surface area contributed by atoms with E-state index in [-0.39, 0.29) is 17.9 Å². The van der Waals surface area contributed by atoms with E-state index in [4.69, 9.17) is 0 Å². The largest absolute Gasteiger partial charge is 0.392 e. The molecule has 0 spiro atoms. The molecule has 1 rings (SSSR count). The highest BCUT2D eigenvalue weighted by Crippen LogP contribution is 2.07. The van der Waals surface area contributed by atoms with Crippen LogP contribution in [0.3, 0.4) is 0 Å². The van der Waals surface area contributed by atoms with Crippen LogP contribution in [0.5, 0.6) is 0 Å². The molecule has 92 valence electrons. The van der Waals surface area contributed by atoms with Gasteiger partial charge in [-0.1, -0.05) is 0 Å². The first-order valence-electron chi connectivity index (χ1n) is 5.49. The van der Waals surface area contributed by atoms with Gasteiger partial charge in [-0.15, -0.1) is 0 Å². The van der Waals surface area contributed by atoms with Crippen molar-refractivity contribution in [2.75, 3.05) is 32.7 Å². The van der Waals surface area contributed by atoms with E-state index in [1.54, 1.807) is 0 Å². The molecular weight excluding hydrogens is 210 g/mol. The molecule has 6 heteroatoms. The van der Waals surface area contributed by atoms with E-state index >= 15 is 0 Å². The van der Waals surface area contributed by atoms with Crippen molar-refractivity contribution in [3.8, 4) is 0 Å². The van der Waals surface area contributed by atoms with E-state index in [0.29, 0.717) is 26.2 Å². The molecule has 0 unspecified atom stereocenters. The van der Waals surface area contributed by atoms with Crippen LogP contribution in [0.15, 0.2) is 0 Å². The number of aliphatic hydroxyl groups is 1. The number of carbonyl (C=O) groups is 2. The number of β-amino-alcohol motifs (C(OH)–C–C–N with tert-alkyl or cyclic N) is 1. The van der Waals surface area contributed by atoms with Crippen molar-refractivity contribution in [2.45, 2.75) is 19.4 Å². The summed E-state index contributed by atoms with van der Waals surface area (Å²) in [6.45, 7) is 3.97. The van der Waals surface area contributed by atoms with Gasteiger partial charge in [-0.25, -0.2) is 0 Å². The second kappa shape index (κ2) is 6.44. The third-order valence-corrected chi connectivity index (χ3v) is 2.44. The molecule has 0 bridgehead atoms. The molecule has 0 saturated carbocycles. The highest BCUT2D eigenvalue weighted by atomic mass is 16.3. The second-order valence-electron chi connectivity index (χ2n) is 4.01. The third kappa shape index (κ3) is 5.09. The third-order valence-electron chi connectivity index (χ3n) is 2.44. The highest BCUT2D eigenvalue weighted by molar-refractivity contribution is 5.78. The summed E-state index contributed by atoms with van der Waals surface area (Å²) >= 11 is 0. The molecule has 16 heavy (non-hydrogen) atoms. The molecule has 1 saturated heterocycles. The van der Waals surface area contributed by atoms with E-state index in [2.05, 4.69) is 10.6 Å². The van der Waals surface area contributed by atoms with Crippen LogP contribution in [-0.4, -0.2) is 60.6 Å². The summed E-state index contributed by atoms with van der Waals surface area (Å²) in [4.78, 5) is 23.9. The average Bonchev–Trinajstić information content (AvgIpc) is 2.58. The molecule has 0 aliphatic carbocycles. The van der Waals surface area contributed by atoms with Crippen molar-refractivity contribution in [3.63, 3.8) is 0 Å². The molecule has 0 aromatic carbocycles. The first-order valence-corrected chi connectivity index (χ1v) is 5.49. The van der Waals surface area contributed by atoms with Crippen molar-refractivity contribution < 1.29 is 14.7 Å². The minimum Gasteiger partial charge on any atom is -0.392 e. The minimum absolute atomic E-state index is 0.0700. The number of hydrogen-bond acceptors (Lipinski definition) is 4. The molecule has 1 fully saturated rings. The summed E-state index contributed by atoms with van der Waals surface area (Å²) in [6.07, 6.45) is 0.436. The number of rotatable bonds is 5. The Balaban J connectivity index is 2.05. The molecule has 0 aromatic rings. The fourth-order valence-electron chi connectivity index (χ4n) is 1.66. The zero-order chi connectivity index (χ0) is 12.0. The van der Waals surface area contributed by atoms with Crippen LogP contribution in [-0.2, 0) is 9.59 Å². The molecular formula is C10H19N3O3. The Bertz CT molecular complexity index is 258. The van der Waals surface area contributed by atoms with Gasteiger partial charge in [-0.2, -0.15) is 0 Å². The minimum atomic E-state index is -0.299. The number of nitrogens with one attached hydrogen (secondary N) is 2. The van der Waals surface area contributed by atoms with Gasteiger partial charge in [-0.3, -0.25) is 14.5 Å². The summed E-state index contributed by atoms with van der Waals surface area (Å²) in [6, 6.07) is 0. The Morgan fingerprint density at radius 3 is 2.62 bits per heavy atom. The van der Waals surface area contributed by atoms with Crippen LogP contribution in [0.2, 0.25) is 0 Å². The van der Waals surface area contributed by atoms with E-state index < -0.39 is 0 Å². The van der Waals surface area contributed by atoms with Gasteiger partial charge in [0.15, 0.2) is 0 Å². The van der Waals surface area contributed by atoms with Gasteiger partial charge in [0.1, 0.15) is 0 Å². The van der Waals surface area contributed by atoms with Gasteiger partial charge in [0, 0.05) is 33.1 Å². The summed E-state index contributed by atoms with van der Waals surface area (Å²) in [5.74, 6) is -0.170. The molecule has 6 nitrogen and oxygen atoms in total. The highest BCUT2D eigenvalue weighted by Gasteiger charge is 2.21. The zero-order valence-corrected chi connectivity index (χ0v) is 9.53. The van der Waals surface area contributed by atoms with Crippen molar-refractivity contribution in [3.05, 3.63) is 0 Å². The standard InChI is InChI=1S/C10H19N3O3/c1-8(14)11-3-4-12-10(16)7-13-5-2-9(15)6-13/h9,15H,2-7H2,1H3,(H,11,14)(H,12,16)/t9-/m0/s1. The number of hydrogen-bond donors (Lipinski definition) is 3. The Kier molecular flexibility index (Phi) is 5.21. The lowest BCUT2D eigenvalue weighted by Gasteiger charge is -2.14. The molecule has 0 radical (unpaired) electrons. The second-order valence-corrected chi connectivity index (χ2v) is 4.01. The smallest absolute Gasteiger partial charge is 0.234 e. The normalized spacial score (nSPS) is 20.8. The van der Waals surface area contributed by atoms with Crippen LogP contribution in [0.1, 0.15) is 13.3 Å². The summed E-state index contributed by atoms with van der Waals surface area (Å²) in [5, 5.41) is 14.6. The van der Waals surface area contributed by atoms with E-state index in [1.807, 2.05) is 4.90 Å². The predicted molar refractivity (Wildman–Crippen MR) is 58.8 cm³/mol. The number of nitrogens with zero attached hydrogens (tertiary/aromatic N) is 1. The van der Waals surface area contributed by atoms with Crippen molar-refractivity contribution in [1.82, 2.24) is 15.5 Å². The Morgan fingerprint density at radius 1 is 1.38 bits per heavy atom. The monoisotopic (exact) mass is 229 g/mol. The predicted octanol–water partition coefficient (Wildman–Crippen LogP) is -1.69. The van der Waals surface area contributed by atoms with Crippen molar-refractivity contribution in [2.24, 2.45) is 0 Å². The SMILES string of the molecule is CC(=O)NCCNC(=O)CN1CC[C@H](O)C1. The van der Waals surface area contributed by atoms with Crippen LogP contribution in [0.4, 0.5) is 0 Å². The number of amides is 2. The fraction of sp³-hybridized carbons (Fsp3) is 0.800. The fourth-order valence-corrected chi connectivity index (χ4v) is 1.66. The lowest BCUT2D eigenvalue weighted by Crippen LogP contribution is -2.39. The number of carbonyl (C=O) groups excluding carboxylic acids is 2. The Morgan fingerprint density at radius 2 is 2.06 bits per heavy atom. The quantitative estimate of drug-likeness (QED) is 0.491. The molecule has 1 atom stereocenters. The number of likely N-dealkylation sites (tertiary alicyclic amines) is 1. The maximum atomic E-state index is 11.4.